The van der Waals surface area contributed by atoms with Crippen molar-refractivity contribution in [3.63, 3.8) is 0 Å². The number of hydrogen-bond donors (Lipinski definition) is 2. The van der Waals surface area contributed by atoms with Gasteiger partial charge in [-0.05, 0) is 12.1 Å². The van der Waals surface area contributed by atoms with Crippen LogP contribution in [0.5, 0.6) is 5.75 Å². The molecule has 2 aromatic rings. The normalized spacial score (nSPS) is 9.85. The molecule has 102 valence electrons. The van der Waals surface area contributed by atoms with E-state index in [9.17, 15) is 4.79 Å². The molecular formula is C13H12N4O2S. The summed E-state index contributed by atoms with van der Waals surface area (Å²) in [5.41, 5.74) is 6.78. The molecule has 0 aliphatic heterocycles. The molecule has 0 fully saturated rings. The van der Waals surface area contributed by atoms with Gasteiger partial charge in [-0.2, -0.15) is 0 Å². The molecule has 1 heterocycles. The number of hydrogen-bond acceptors (Lipinski definition) is 5. The third-order valence-electron chi connectivity index (χ3n) is 2.55. The fourth-order valence-electron chi connectivity index (χ4n) is 1.63. The molecule has 0 saturated carbocycles. The quantitative estimate of drug-likeness (QED) is 0.826. The molecule has 2 rings (SSSR count). The number of benzene rings is 1. The third-order valence-corrected chi connectivity index (χ3v) is 2.77. The van der Waals surface area contributed by atoms with Crippen LogP contribution < -0.4 is 15.8 Å². The highest BCUT2D eigenvalue weighted by atomic mass is 32.1. The highest BCUT2D eigenvalue weighted by Gasteiger charge is 2.15. The first-order chi connectivity index (χ1) is 9.63. The van der Waals surface area contributed by atoms with Gasteiger partial charge in [0.1, 0.15) is 16.4 Å². The summed E-state index contributed by atoms with van der Waals surface area (Å²) in [6.07, 6.45) is 4.29. The zero-order chi connectivity index (χ0) is 14.5. The zero-order valence-electron chi connectivity index (χ0n) is 10.7. The molecule has 6 nitrogen and oxygen atoms in total. The molecule has 0 atom stereocenters. The molecule has 1 amide bonds. The smallest absolute Gasteiger partial charge is 0.275 e. The van der Waals surface area contributed by atoms with Crippen LogP contribution in [-0.4, -0.2) is 28.0 Å². The van der Waals surface area contributed by atoms with Crippen molar-refractivity contribution in [3.05, 3.63) is 48.0 Å². The second-order valence-electron chi connectivity index (χ2n) is 3.79. The van der Waals surface area contributed by atoms with Crippen molar-refractivity contribution in [3.8, 4) is 5.75 Å². The Labute approximate surface area is 121 Å². The summed E-state index contributed by atoms with van der Waals surface area (Å²) in [5, 5.41) is 2.69. The highest BCUT2D eigenvalue weighted by molar-refractivity contribution is 7.80. The Morgan fingerprint density at radius 1 is 1.40 bits per heavy atom. The Morgan fingerprint density at radius 3 is 2.80 bits per heavy atom. The Hall–Kier alpha value is -2.54. The van der Waals surface area contributed by atoms with Gasteiger partial charge >= 0.3 is 0 Å². The summed E-state index contributed by atoms with van der Waals surface area (Å²) >= 11 is 4.97. The SMILES string of the molecule is COc1cccc(C(N)=S)c1NC(=O)c1cnccn1. The first kappa shape index (κ1) is 13.9. The Balaban J connectivity index is 2.38. The minimum absolute atomic E-state index is 0.165. The maximum atomic E-state index is 12.1. The lowest BCUT2D eigenvalue weighted by Gasteiger charge is -2.13. The number of thiocarbonyl (C=S) groups is 1. The van der Waals surface area contributed by atoms with Crippen molar-refractivity contribution >= 4 is 28.8 Å². The van der Waals surface area contributed by atoms with Gasteiger partial charge in [-0.1, -0.05) is 18.3 Å². The van der Waals surface area contributed by atoms with Gasteiger partial charge in [0.15, 0.2) is 0 Å². The molecule has 0 saturated heterocycles. The molecule has 7 heteroatoms. The number of carbonyl (C=O) groups is 1. The largest absolute Gasteiger partial charge is 0.495 e. The highest BCUT2D eigenvalue weighted by Crippen LogP contribution is 2.28. The molecule has 1 aromatic heterocycles. The van der Waals surface area contributed by atoms with Gasteiger partial charge in [-0.15, -0.1) is 0 Å². The van der Waals surface area contributed by atoms with Gasteiger partial charge in [0, 0.05) is 18.0 Å². The number of ether oxygens (including phenoxy) is 1. The Kier molecular flexibility index (Phi) is 4.21. The number of amides is 1. The fraction of sp³-hybridized carbons (Fsp3) is 0.0769. The van der Waals surface area contributed by atoms with Gasteiger partial charge in [0.25, 0.3) is 5.91 Å². The number of nitrogens with two attached hydrogens (primary N) is 1. The summed E-state index contributed by atoms with van der Waals surface area (Å²) in [6, 6.07) is 5.15. The molecule has 0 spiro atoms. The van der Waals surface area contributed by atoms with Crippen LogP contribution in [0.15, 0.2) is 36.8 Å². The standard InChI is InChI=1S/C13H12N4O2S/c1-19-10-4-2-3-8(12(14)20)11(10)17-13(18)9-7-15-5-6-16-9/h2-7H,1H3,(H2,14,20)(H,17,18). The molecule has 0 unspecified atom stereocenters. The summed E-state index contributed by atoms with van der Waals surface area (Å²) in [6.45, 7) is 0. The van der Waals surface area contributed by atoms with E-state index in [1.165, 1.54) is 25.7 Å². The van der Waals surface area contributed by atoms with Crippen LogP contribution in [0, 0.1) is 0 Å². The van der Waals surface area contributed by atoms with Crippen LogP contribution in [0.2, 0.25) is 0 Å². The van der Waals surface area contributed by atoms with E-state index >= 15 is 0 Å². The van der Waals surface area contributed by atoms with E-state index < -0.39 is 5.91 Å². The minimum atomic E-state index is -0.417. The maximum absolute atomic E-state index is 12.1. The molecule has 3 N–H and O–H groups in total. The second kappa shape index (κ2) is 6.07. The lowest BCUT2D eigenvalue weighted by atomic mass is 10.1. The lowest BCUT2D eigenvalue weighted by molar-refractivity contribution is 0.102. The summed E-state index contributed by atoms with van der Waals surface area (Å²) in [7, 11) is 1.50. The van der Waals surface area contributed by atoms with E-state index in [2.05, 4.69) is 15.3 Å². The van der Waals surface area contributed by atoms with E-state index in [0.29, 0.717) is 17.0 Å². The number of nitrogens with zero attached hydrogens (tertiary/aromatic N) is 2. The van der Waals surface area contributed by atoms with E-state index in [0.717, 1.165) is 0 Å². The van der Waals surface area contributed by atoms with Crippen LogP contribution in [0.4, 0.5) is 5.69 Å². The number of methoxy groups -OCH3 is 1. The molecule has 0 bridgehead atoms. The van der Waals surface area contributed by atoms with E-state index in [4.69, 9.17) is 22.7 Å². The van der Waals surface area contributed by atoms with Crippen LogP contribution in [0.3, 0.4) is 0 Å². The number of rotatable bonds is 4. The van der Waals surface area contributed by atoms with E-state index in [-0.39, 0.29) is 10.7 Å². The van der Waals surface area contributed by atoms with Crippen molar-refractivity contribution < 1.29 is 9.53 Å². The number of carbonyl (C=O) groups excluding carboxylic acids is 1. The first-order valence-electron chi connectivity index (χ1n) is 5.67. The minimum Gasteiger partial charge on any atom is -0.495 e. The third kappa shape index (κ3) is 2.89. The van der Waals surface area contributed by atoms with Crippen molar-refractivity contribution in [2.45, 2.75) is 0 Å². The van der Waals surface area contributed by atoms with Crippen molar-refractivity contribution in [2.24, 2.45) is 5.73 Å². The molecule has 1 aromatic carbocycles. The molecular weight excluding hydrogens is 276 g/mol. The van der Waals surface area contributed by atoms with Crippen LogP contribution >= 0.6 is 12.2 Å². The zero-order valence-corrected chi connectivity index (χ0v) is 11.5. The van der Waals surface area contributed by atoms with Crippen LogP contribution in [-0.2, 0) is 0 Å². The number of para-hydroxylation sites is 1. The van der Waals surface area contributed by atoms with Crippen molar-refractivity contribution in [1.82, 2.24) is 9.97 Å². The predicted octanol–water partition coefficient (Wildman–Crippen LogP) is 1.37. The average Bonchev–Trinajstić information content (AvgIpc) is 2.48. The monoisotopic (exact) mass is 288 g/mol. The predicted molar refractivity (Wildman–Crippen MR) is 78.9 cm³/mol. The Bertz CT molecular complexity index is 646. The second-order valence-corrected chi connectivity index (χ2v) is 4.23. The van der Waals surface area contributed by atoms with Gasteiger partial charge in [-0.25, -0.2) is 4.98 Å². The summed E-state index contributed by atoms with van der Waals surface area (Å²) in [4.78, 5) is 20.0. The van der Waals surface area contributed by atoms with E-state index in [1.807, 2.05) is 0 Å². The Morgan fingerprint density at radius 2 is 2.20 bits per heavy atom. The number of anilines is 1. The van der Waals surface area contributed by atoms with Gasteiger partial charge in [0.05, 0.1) is 19.0 Å². The van der Waals surface area contributed by atoms with Gasteiger partial charge in [0.2, 0.25) is 0 Å². The maximum Gasteiger partial charge on any atom is 0.275 e. The number of nitrogens with one attached hydrogen (secondary N) is 1. The van der Waals surface area contributed by atoms with E-state index in [1.54, 1.807) is 18.2 Å². The summed E-state index contributed by atoms with van der Waals surface area (Å²) in [5.74, 6) is 0.0487. The number of aromatic nitrogens is 2. The van der Waals surface area contributed by atoms with Crippen molar-refractivity contribution in [2.75, 3.05) is 12.4 Å². The first-order valence-corrected chi connectivity index (χ1v) is 6.08. The molecule has 0 aliphatic rings. The van der Waals surface area contributed by atoms with Crippen LogP contribution in [0.1, 0.15) is 16.1 Å². The molecule has 20 heavy (non-hydrogen) atoms. The molecule has 0 radical (unpaired) electrons. The molecule has 0 aliphatic carbocycles. The van der Waals surface area contributed by atoms with Gasteiger partial charge in [-0.3, -0.25) is 9.78 Å². The topological polar surface area (TPSA) is 90.1 Å². The van der Waals surface area contributed by atoms with Gasteiger partial charge < -0.3 is 15.8 Å². The fourth-order valence-corrected chi connectivity index (χ4v) is 1.80. The van der Waals surface area contributed by atoms with Crippen LogP contribution in [0.25, 0.3) is 0 Å². The van der Waals surface area contributed by atoms with Crippen molar-refractivity contribution in [1.29, 1.82) is 0 Å². The summed E-state index contributed by atoms with van der Waals surface area (Å²) < 4.78 is 5.21. The average molecular weight is 288 g/mol. The lowest BCUT2D eigenvalue weighted by Crippen LogP contribution is -2.19.